The first kappa shape index (κ1) is 15.6. The molecule has 1 aromatic rings. The molecule has 0 spiro atoms. The molecule has 5 heteroatoms. The van der Waals surface area contributed by atoms with Gasteiger partial charge in [0.05, 0.1) is 39.0 Å². The first-order valence-electron chi connectivity index (χ1n) is 6.32. The summed E-state index contributed by atoms with van der Waals surface area (Å²) < 4.78 is 15.8. The molecule has 0 aliphatic carbocycles. The summed E-state index contributed by atoms with van der Waals surface area (Å²) in [5, 5.41) is 10.1. The van der Waals surface area contributed by atoms with Gasteiger partial charge in [-0.1, -0.05) is 13.3 Å². The lowest BCUT2D eigenvalue weighted by Gasteiger charge is -2.23. The summed E-state index contributed by atoms with van der Waals surface area (Å²) in [6, 6.07) is 2.91. The van der Waals surface area contributed by atoms with Gasteiger partial charge in [-0.15, -0.1) is 0 Å². The Hall–Kier alpha value is -1.46. The SMILES string of the molecule is CCC[C@@H](O)[C@@H](N)c1c(OC)cc(OC)cc1OC. The van der Waals surface area contributed by atoms with Crippen molar-refractivity contribution in [3.8, 4) is 17.2 Å². The zero-order valence-electron chi connectivity index (χ0n) is 12.0. The van der Waals surface area contributed by atoms with E-state index in [9.17, 15) is 5.11 Å². The Morgan fingerprint density at radius 2 is 1.63 bits per heavy atom. The lowest BCUT2D eigenvalue weighted by molar-refractivity contribution is 0.131. The van der Waals surface area contributed by atoms with Gasteiger partial charge in [0.1, 0.15) is 17.2 Å². The summed E-state index contributed by atoms with van der Waals surface area (Å²) in [5.74, 6) is 1.73. The van der Waals surface area contributed by atoms with E-state index >= 15 is 0 Å². The molecule has 0 amide bonds. The van der Waals surface area contributed by atoms with E-state index in [1.807, 2.05) is 6.92 Å². The van der Waals surface area contributed by atoms with E-state index in [4.69, 9.17) is 19.9 Å². The molecule has 0 bridgehead atoms. The Bertz CT molecular complexity index is 383. The van der Waals surface area contributed by atoms with Gasteiger partial charge in [-0.05, 0) is 6.42 Å². The predicted octanol–water partition coefficient (Wildman–Crippen LogP) is 1.87. The Labute approximate surface area is 114 Å². The summed E-state index contributed by atoms with van der Waals surface area (Å²) in [7, 11) is 4.67. The van der Waals surface area contributed by atoms with E-state index in [0.29, 0.717) is 29.2 Å². The van der Waals surface area contributed by atoms with Crippen LogP contribution in [0.25, 0.3) is 0 Å². The maximum Gasteiger partial charge on any atom is 0.131 e. The van der Waals surface area contributed by atoms with Gasteiger partial charge < -0.3 is 25.1 Å². The number of methoxy groups -OCH3 is 3. The Kier molecular flexibility index (Phi) is 5.92. The monoisotopic (exact) mass is 269 g/mol. The summed E-state index contributed by atoms with van der Waals surface area (Å²) in [6.07, 6.45) is 0.844. The average Bonchev–Trinajstić information content (AvgIpc) is 2.44. The highest BCUT2D eigenvalue weighted by molar-refractivity contribution is 5.52. The molecule has 0 heterocycles. The molecule has 108 valence electrons. The largest absolute Gasteiger partial charge is 0.496 e. The van der Waals surface area contributed by atoms with Crippen molar-refractivity contribution in [2.45, 2.75) is 31.9 Å². The van der Waals surface area contributed by atoms with Crippen LogP contribution in [0.5, 0.6) is 17.2 Å². The minimum absolute atomic E-state index is 0.554. The van der Waals surface area contributed by atoms with Crippen LogP contribution in [0.1, 0.15) is 31.4 Å². The number of benzene rings is 1. The molecule has 0 saturated carbocycles. The van der Waals surface area contributed by atoms with Gasteiger partial charge in [-0.3, -0.25) is 0 Å². The van der Waals surface area contributed by atoms with Crippen molar-refractivity contribution in [3.05, 3.63) is 17.7 Å². The fourth-order valence-electron chi connectivity index (χ4n) is 2.03. The molecule has 0 aliphatic heterocycles. The molecule has 0 unspecified atom stereocenters. The highest BCUT2D eigenvalue weighted by atomic mass is 16.5. The highest BCUT2D eigenvalue weighted by Crippen LogP contribution is 2.38. The second-order valence-electron chi connectivity index (χ2n) is 4.33. The number of rotatable bonds is 7. The first-order valence-corrected chi connectivity index (χ1v) is 6.32. The zero-order valence-corrected chi connectivity index (χ0v) is 12.0. The topological polar surface area (TPSA) is 73.9 Å². The van der Waals surface area contributed by atoms with Crippen LogP contribution < -0.4 is 19.9 Å². The molecular formula is C14H23NO4. The van der Waals surface area contributed by atoms with Gasteiger partial charge in [0.25, 0.3) is 0 Å². The van der Waals surface area contributed by atoms with Crippen molar-refractivity contribution in [3.63, 3.8) is 0 Å². The van der Waals surface area contributed by atoms with E-state index in [1.165, 1.54) is 0 Å². The molecule has 1 aromatic carbocycles. The first-order chi connectivity index (χ1) is 9.08. The van der Waals surface area contributed by atoms with Crippen molar-refractivity contribution >= 4 is 0 Å². The second kappa shape index (κ2) is 7.21. The van der Waals surface area contributed by atoms with Crippen LogP contribution in [-0.4, -0.2) is 32.5 Å². The van der Waals surface area contributed by atoms with Crippen LogP contribution in [0, 0.1) is 0 Å². The lowest BCUT2D eigenvalue weighted by Crippen LogP contribution is -2.27. The lowest BCUT2D eigenvalue weighted by atomic mass is 9.97. The molecule has 0 aromatic heterocycles. The molecule has 0 aliphatic rings. The number of ether oxygens (including phenoxy) is 3. The summed E-state index contributed by atoms with van der Waals surface area (Å²) in [4.78, 5) is 0. The molecule has 0 saturated heterocycles. The van der Waals surface area contributed by atoms with Gasteiger partial charge in [-0.25, -0.2) is 0 Å². The molecular weight excluding hydrogens is 246 g/mol. The highest BCUT2D eigenvalue weighted by Gasteiger charge is 2.24. The fourth-order valence-corrected chi connectivity index (χ4v) is 2.03. The smallest absolute Gasteiger partial charge is 0.131 e. The molecule has 0 radical (unpaired) electrons. The molecule has 5 nitrogen and oxygen atoms in total. The predicted molar refractivity (Wildman–Crippen MR) is 73.9 cm³/mol. The summed E-state index contributed by atoms with van der Waals surface area (Å²) in [6.45, 7) is 2.00. The zero-order chi connectivity index (χ0) is 14.4. The number of hydrogen-bond donors (Lipinski definition) is 2. The van der Waals surface area contributed by atoms with Crippen LogP contribution in [0.2, 0.25) is 0 Å². The van der Waals surface area contributed by atoms with E-state index in [1.54, 1.807) is 33.5 Å². The fraction of sp³-hybridized carbons (Fsp3) is 0.571. The van der Waals surface area contributed by atoms with Gasteiger partial charge >= 0.3 is 0 Å². The molecule has 19 heavy (non-hydrogen) atoms. The normalized spacial score (nSPS) is 13.8. The Morgan fingerprint density at radius 1 is 1.11 bits per heavy atom. The van der Waals surface area contributed by atoms with Crippen molar-refractivity contribution in [1.29, 1.82) is 0 Å². The van der Waals surface area contributed by atoms with Gasteiger partial charge in [0.2, 0.25) is 0 Å². The van der Waals surface area contributed by atoms with Crippen LogP contribution in [-0.2, 0) is 0 Å². The van der Waals surface area contributed by atoms with Crippen molar-refractivity contribution in [2.75, 3.05) is 21.3 Å². The molecule has 2 atom stereocenters. The minimum Gasteiger partial charge on any atom is -0.496 e. The van der Waals surface area contributed by atoms with Gasteiger partial charge in [0, 0.05) is 12.1 Å². The van der Waals surface area contributed by atoms with Crippen molar-refractivity contribution < 1.29 is 19.3 Å². The maximum atomic E-state index is 10.1. The van der Waals surface area contributed by atoms with E-state index in [2.05, 4.69) is 0 Å². The summed E-state index contributed by atoms with van der Waals surface area (Å²) >= 11 is 0. The third-order valence-electron chi connectivity index (χ3n) is 3.09. The standard InChI is InChI=1S/C14H23NO4/c1-5-6-10(16)14(15)13-11(18-3)7-9(17-2)8-12(13)19-4/h7-8,10,14,16H,5-6,15H2,1-4H3/t10-,14-/m1/s1. The third-order valence-corrected chi connectivity index (χ3v) is 3.09. The van der Waals surface area contributed by atoms with Crippen LogP contribution in [0.3, 0.4) is 0 Å². The minimum atomic E-state index is -0.638. The number of hydrogen-bond acceptors (Lipinski definition) is 5. The third kappa shape index (κ3) is 3.52. The second-order valence-corrected chi connectivity index (χ2v) is 4.33. The average molecular weight is 269 g/mol. The van der Waals surface area contributed by atoms with Crippen molar-refractivity contribution in [1.82, 2.24) is 0 Å². The van der Waals surface area contributed by atoms with Gasteiger partial charge in [0.15, 0.2) is 0 Å². The molecule has 1 rings (SSSR count). The van der Waals surface area contributed by atoms with Crippen LogP contribution in [0.15, 0.2) is 12.1 Å². The number of nitrogens with two attached hydrogens (primary N) is 1. The van der Waals surface area contributed by atoms with E-state index < -0.39 is 12.1 Å². The molecule has 3 N–H and O–H groups in total. The van der Waals surface area contributed by atoms with Crippen molar-refractivity contribution in [2.24, 2.45) is 5.73 Å². The van der Waals surface area contributed by atoms with Gasteiger partial charge in [-0.2, -0.15) is 0 Å². The molecule has 0 fully saturated rings. The number of aliphatic hydroxyl groups is 1. The Morgan fingerprint density at radius 3 is 2.00 bits per heavy atom. The quantitative estimate of drug-likeness (QED) is 0.790. The van der Waals surface area contributed by atoms with E-state index in [0.717, 1.165) is 6.42 Å². The van der Waals surface area contributed by atoms with Crippen LogP contribution in [0.4, 0.5) is 0 Å². The van der Waals surface area contributed by atoms with E-state index in [-0.39, 0.29) is 0 Å². The van der Waals surface area contributed by atoms with Crippen LogP contribution >= 0.6 is 0 Å². The number of aliphatic hydroxyl groups excluding tert-OH is 1. The maximum absolute atomic E-state index is 10.1. The Balaban J connectivity index is 3.23. The summed E-state index contributed by atoms with van der Waals surface area (Å²) in [5.41, 5.74) is 6.78.